The van der Waals surface area contributed by atoms with Crippen molar-refractivity contribution in [2.24, 2.45) is 5.92 Å². The van der Waals surface area contributed by atoms with E-state index in [2.05, 4.69) is 4.74 Å². The van der Waals surface area contributed by atoms with Crippen LogP contribution in [0, 0.1) is 5.92 Å². The topological polar surface area (TPSA) is 102 Å². The number of benzene rings is 2. The van der Waals surface area contributed by atoms with E-state index in [0.717, 1.165) is 17.7 Å². The van der Waals surface area contributed by atoms with Gasteiger partial charge in [0.25, 0.3) is 11.8 Å². The van der Waals surface area contributed by atoms with Crippen LogP contribution in [-0.4, -0.2) is 53.7 Å². The third-order valence-electron chi connectivity index (χ3n) is 7.32. The van der Waals surface area contributed by atoms with Gasteiger partial charge >= 0.3 is 12.6 Å². The summed E-state index contributed by atoms with van der Waals surface area (Å²) in [6.07, 6.45) is 5.85. The van der Waals surface area contributed by atoms with Crippen molar-refractivity contribution in [2.75, 3.05) is 13.2 Å². The van der Waals surface area contributed by atoms with Gasteiger partial charge in [-0.1, -0.05) is 53.6 Å². The van der Waals surface area contributed by atoms with E-state index in [9.17, 15) is 23.2 Å². The number of amides is 2. The molecule has 0 aromatic heterocycles. The van der Waals surface area contributed by atoms with Crippen molar-refractivity contribution in [2.45, 2.75) is 58.3 Å². The molecule has 12 heteroatoms. The van der Waals surface area contributed by atoms with Crippen LogP contribution in [-0.2, 0) is 9.53 Å². The van der Waals surface area contributed by atoms with E-state index in [-0.39, 0.29) is 45.7 Å². The van der Waals surface area contributed by atoms with Gasteiger partial charge < -0.3 is 19.3 Å². The summed E-state index contributed by atoms with van der Waals surface area (Å²) in [4.78, 5) is 40.6. The van der Waals surface area contributed by atoms with Crippen molar-refractivity contribution in [3.8, 4) is 11.5 Å². The minimum atomic E-state index is -3.10. The number of ether oxygens (including phenoxy) is 3. The quantitative estimate of drug-likeness (QED) is 0.121. The highest BCUT2D eigenvalue weighted by atomic mass is 35.5. The fourth-order valence-corrected chi connectivity index (χ4v) is 5.18. The Morgan fingerprint density at radius 1 is 1.09 bits per heavy atom. The number of aliphatic hydroxyl groups is 1. The highest BCUT2D eigenvalue weighted by molar-refractivity contribution is 6.36. The molecule has 1 N–H and O–H groups in total. The van der Waals surface area contributed by atoms with Crippen molar-refractivity contribution in [3.63, 3.8) is 0 Å². The summed E-state index contributed by atoms with van der Waals surface area (Å²) in [5, 5.41) is 9.63. The number of nitrogens with zero attached hydrogens (tertiary/aromatic N) is 1. The Morgan fingerprint density at radius 3 is 2.33 bits per heavy atom. The molecule has 1 aliphatic heterocycles. The van der Waals surface area contributed by atoms with Gasteiger partial charge in [0.15, 0.2) is 11.5 Å². The number of alkyl halides is 2. The number of imide groups is 1. The lowest BCUT2D eigenvalue weighted by Gasteiger charge is -2.26. The molecule has 45 heavy (non-hydrogen) atoms. The van der Waals surface area contributed by atoms with E-state index in [1.54, 1.807) is 37.3 Å². The molecule has 1 aliphatic carbocycles. The second-order valence-electron chi connectivity index (χ2n) is 10.5. The van der Waals surface area contributed by atoms with E-state index in [4.69, 9.17) is 37.8 Å². The molecule has 0 saturated heterocycles. The standard InChI is InChI=1S/C33H33Cl2F2NO7/c1-3-25(34)24(26(35)10-6-7-15-39)17-28(21-13-14-27(45-33(36)37)29(16-21)43-18-20-11-12-20)44-32(42)19(2)38-30(40)22-8-4-5-9-23(22)31(38)41/h3-6,8-10,13-14,16,19-20,28,33,39H,7,11-12,15,17-18H2,1-2H3/b10-6+,25-3+,26-24+/t19?,28-/m0/s1. The first-order valence-corrected chi connectivity index (χ1v) is 15.2. The Morgan fingerprint density at radius 2 is 1.76 bits per heavy atom. The van der Waals surface area contributed by atoms with Gasteiger partial charge in [-0.25, -0.2) is 4.79 Å². The van der Waals surface area contributed by atoms with Crippen LogP contribution in [0.1, 0.15) is 71.9 Å². The van der Waals surface area contributed by atoms with Gasteiger partial charge in [-0.3, -0.25) is 14.5 Å². The van der Waals surface area contributed by atoms with Crippen LogP contribution in [0.4, 0.5) is 8.78 Å². The molecule has 240 valence electrons. The highest BCUT2D eigenvalue weighted by Crippen LogP contribution is 2.39. The lowest BCUT2D eigenvalue weighted by Crippen LogP contribution is -2.44. The summed E-state index contributed by atoms with van der Waals surface area (Å²) in [7, 11) is 0. The van der Waals surface area contributed by atoms with Crippen molar-refractivity contribution in [3.05, 3.63) is 93.0 Å². The highest BCUT2D eigenvalue weighted by Gasteiger charge is 2.42. The smallest absolute Gasteiger partial charge is 0.387 e. The molecule has 0 bridgehead atoms. The van der Waals surface area contributed by atoms with Crippen molar-refractivity contribution in [1.82, 2.24) is 4.90 Å². The second kappa shape index (κ2) is 15.5. The third-order valence-corrected chi connectivity index (χ3v) is 8.12. The monoisotopic (exact) mass is 663 g/mol. The van der Waals surface area contributed by atoms with Gasteiger partial charge in [0.2, 0.25) is 0 Å². The zero-order valence-electron chi connectivity index (χ0n) is 24.7. The van der Waals surface area contributed by atoms with Gasteiger partial charge in [0.05, 0.1) is 17.7 Å². The summed E-state index contributed by atoms with van der Waals surface area (Å²) in [5.41, 5.74) is 1.08. The average Bonchev–Trinajstić information content (AvgIpc) is 3.82. The number of carbonyl (C=O) groups excluding carboxylic acids is 3. The molecule has 1 unspecified atom stereocenters. The minimum absolute atomic E-state index is 0.0331. The summed E-state index contributed by atoms with van der Waals surface area (Å²) in [6, 6.07) is 9.13. The predicted octanol–water partition coefficient (Wildman–Crippen LogP) is 7.31. The molecule has 2 aliphatic rings. The normalized spacial score (nSPS) is 17.0. The molecule has 1 heterocycles. The van der Waals surface area contributed by atoms with Crippen LogP contribution < -0.4 is 9.47 Å². The second-order valence-corrected chi connectivity index (χ2v) is 11.4. The minimum Gasteiger partial charge on any atom is -0.489 e. The molecule has 0 spiro atoms. The molecule has 1 saturated carbocycles. The molecular weight excluding hydrogens is 631 g/mol. The van der Waals surface area contributed by atoms with Gasteiger partial charge in [-0.05, 0) is 80.5 Å². The van der Waals surface area contributed by atoms with E-state index in [0.29, 0.717) is 30.1 Å². The average molecular weight is 665 g/mol. The zero-order valence-corrected chi connectivity index (χ0v) is 26.2. The number of aliphatic hydroxyl groups excluding tert-OH is 1. The Bertz CT molecular complexity index is 1490. The molecule has 2 atom stereocenters. The first-order chi connectivity index (χ1) is 21.5. The Labute approximate surface area is 269 Å². The van der Waals surface area contributed by atoms with Gasteiger partial charge in [0.1, 0.15) is 12.1 Å². The molecule has 4 rings (SSSR count). The molecule has 0 radical (unpaired) electrons. The number of allylic oxidation sites excluding steroid dienone is 4. The van der Waals surface area contributed by atoms with Gasteiger partial charge in [-0.2, -0.15) is 8.78 Å². The molecule has 8 nitrogen and oxygen atoms in total. The van der Waals surface area contributed by atoms with Crippen molar-refractivity contribution < 1.29 is 42.5 Å². The number of carbonyl (C=O) groups is 3. The van der Waals surface area contributed by atoms with Crippen LogP contribution in [0.15, 0.2) is 76.3 Å². The maximum absolute atomic E-state index is 13.6. The first-order valence-electron chi connectivity index (χ1n) is 14.4. The fourth-order valence-electron chi connectivity index (χ4n) is 4.69. The number of rotatable bonds is 15. The number of hydrogen-bond donors (Lipinski definition) is 1. The third kappa shape index (κ3) is 8.51. The van der Waals surface area contributed by atoms with E-state index >= 15 is 0 Å². The van der Waals surface area contributed by atoms with E-state index < -0.39 is 36.5 Å². The van der Waals surface area contributed by atoms with Crippen LogP contribution in [0.3, 0.4) is 0 Å². The summed E-state index contributed by atoms with van der Waals surface area (Å²) in [6.45, 7) is 0.169. The number of hydrogen-bond acceptors (Lipinski definition) is 7. The van der Waals surface area contributed by atoms with Crippen LogP contribution in [0.2, 0.25) is 0 Å². The van der Waals surface area contributed by atoms with Crippen molar-refractivity contribution >= 4 is 41.0 Å². The number of fused-ring (bicyclic) bond motifs is 1. The van der Waals surface area contributed by atoms with Gasteiger partial charge in [0, 0.05) is 23.1 Å². The molecule has 2 amide bonds. The molecule has 2 aromatic carbocycles. The SMILES string of the molecule is C\C=C(Cl)/C(C[C@H](OC(=O)C(C)N1C(=O)c2ccccc2C1=O)c1ccc(OC(F)F)c(OCC2CC2)c1)=C(Cl)\C=C\CCO. The maximum atomic E-state index is 13.6. The van der Waals surface area contributed by atoms with Crippen molar-refractivity contribution in [1.29, 1.82) is 0 Å². The summed E-state index contributed by atoms with van der Waals surface area (Å²) >= 11 is 13.1. The van der Waals surface area contributed by atoms with E-state index in [1.807, 2.05) is 0 Å². The lowest BCUT2D eigenvalue weighted by atomic mass is 9.99. The predicted molar refractivity (Wildman–Crippen MR) is 164 cm³/mol. The first kappa shape index (κ1) is 34.1. The molecule has 1 fully saturated rings. The van der Waals surface area contributed by atoms with Gasteiger partial charge in [-0.15, -0.1) is 0 Å². The number of esters is 1. The van der Waals surface area contributed by atoms with Crippen LogP contribution in [0.5, 0.6) is 11.5 Å². The largest absolute Gasteiger partial charge is 0.489 e. The fraction of sp³-hybridized carbons (Fsp3) is 0.364. The zero-order chi connectivity index (χ0) is 32.7. The van der Waals surface area contributed by atoms with Crippen LogP contribution in [0.25, 0.3) is 0 Å². The summed E-state index contributed by atoms with van der Waals surface area (Å²) in [5.74, 6) is -2.01. The number of halogens is 4. The van der Waals surface area contributed by atoms with E-state index in [1.165, 1.54) is 37.3 Å². The molecule has 2 aromatic rings. The summed E-state index contributed by atoms with van der Waals surface area (Å²) < 4.78 is 42.8. The lowest BCUT2D eigenvalue weighted by molar-refractivity contribution is -0.153. The van der Waals surface area contributed by atoms with Crippen LogP contribution >= 0.6 is 23.2 Å². The Balaban J connectivity index is 1.70. The molecular formula is C33H33Cl2F2NO7. The Kier molecular flexibility index (Phi) is 11.8. The maximum Gasteiger partial charge on any atom is 0.387 e. The Hall–Kier alpha value is -3.73.